The van der Waals surface area contributed by atoms with Crippen LogP contribution in [-0.4, -0.2) is 0 Å². The summed E-state index contributed by atoms with van der Waals surface area (Å²) in [5.41, 5.74) is 0.629. The molecule has 1 rings (SSSR count). The van der Waals surface area contributed by atoms with Gasteiger partial charge in [-0.1, -0.05) is 26.8 Å². The van der Waals surface area contributed by atoms with Crippen molar-refractivity contribution in [1.29, 1.82) is 0 Å². The first-order valence-corrected chi connectivity index (χ1v) is 5.01. The molecule has 1 aromatic rings. The van der Waals surface area contributed by atoms with E-state index in [0.29, 0.717) is 11.5 Å². The lowest BCUT2D eigenvalue weighted by atomic mass is 9.86. The van der Waals surface area contributed by atoms with E-state index in [1.54, 1.807) is 6.07 Å². The fraction of sp³-hybridized carbons (Fsp3) is 0.500. The van der Waals surface area contributed by atoms with Gasteiger partial charge in [0.05, 0.1) is 0 Å². The van der Waals surface area contributed by atoms with Gasteiger partial charge in [-0.25, -0.2) is 8.78 Å². The molecule has 0 aliphatic carbocycles. The van der Waals surface area contributed by atoms with E-state index in [2.05, 4.69) is 13.8 Å². The minimum absolute atomic E-state index is 0.176. The highest BCUT2D eigenvalue weighted by atomic mass is 19.1. The summed E-state index contributed by atoms with van der Waals surface area (Å²) >= 11 is 0. The molecule has 2 heteroatoms. The second kappa shape index (κ2) is 4.54. The summed E-state index contributed by atoms with van der Waals surface area (Å²) < 4.78 is 26.1. The Balaban J connectivity index is 3.04. The second-order valence-electron chi connectivity index (χ2n) is 3.92. The molecule has 0 aliphatic rings. The van der Waals surface area contributed by atoms with Gasteiger partial charge in [-0.3, -0.25) is 0 Å². The van der Waals surface area contributed by atoms with Crippen LogP contribution >= 0.6 is 0 Å². The Morgan fingerprint density at radius 3 is 2.29 bits per heavy atom. The largest absolute Gasteiger partial charge is 0.207 e. The maximum Gasteiger partial charge on any atom is 0.129 e. The van der Waals surface area contributed by atoms with E-state index < -0.39 is 11.6 Å². The zero-order chi connectivity index (χ0) is 10.7. The van der Waals surface area contributed by atoms with Crippen LogP contribution in [0.15, 0.2) is 18.2 Å². The number of rotatable bonds is 3. The molecule has 0 saturated heterocycles. The van der Waals surface area contributed by atoms with E-state index in [0.717, 1.165) is 12.5 Å². The summed E-state index contributed by atoms with van der Waals surface area (Å²) in [7, 11) is 0. The molecule has 0 fully saturated rings. The van der Waals surface area contributed by atoms with E-state index in [1.807, 2.05) is 6.92 Å². The number of benzene rings is 1. The topological polar surface area (TPSA) is 0 Å². The molecule has 0 saturated carbocycles. The standard InChI is InChI=1S/C12H16F2/c1-4-10(8(2)3)11-6-5-9(13)7-12(11)14/h5-8,10H,4H2,1-3H3/t10-/m0/s1. The van der Waals surface area contributed by atoms with Crippen LogP contribution in [0.1, 0.15) is 38.7 Å². The van der Waals surface area contributed by atoms with Crippen LogP contribution in [0.3, 0.4) is 0 Å². The van der Waals surface area contributed by atoms with Crippen molar-refractivity contribution in [2.75, 3.05) is 0 Å². The van der Waals surface area contributed by atoms with Crippen molar-refractivity contribution in [3.05, 3.63) is 35.4 Å². The minimum atomic E-state index is -0.509. The zero-order valence-corrected chi connectivity index (χ0v) is 8.85. The van der Waals surface area contributed by atoms with E-state index >= 15 is 0 Å². The molecule has 0 N–H and O–H groups in total. The van der Waals surface area contributed by atoms with Crippen LogP contribution in [0.5, 0.6) is 0 Å². The van der Waals surface area contributed by atoms with E-state index in [9.17, 15) is 8.78 Å². The predicted molar refractivity (Wildman–Crippen MR) is 54.2 cm³/mol. The van der Waals surface area contributed by atoms with Crippen LogP contribution in [0.2, 0.25) is 0 Å². The van der Waals surface area contributed by atoms with Crippen LogP contribution in [0.25, 0.3) is 0 Å². The third-order valence-corrected chi connectivity index (χ3v) is 2.61. The van der Waals surface area contributed by atoms with Gasteiger partial charge in [-0.15, -0.1) is 0 Å². The van der Waals surface area contributed by atoms with Gasteiger partial charge in [0.1, 0.15) is 11.6 Å². The number of halogens is 2. The second-order valence-corrected chi connectivity index (χ2v) is 3.92. The lowest BCUT2D eigenvalue weighted by molar-refractivity contribution is 0.458. The Morgan fingerprint density at radius 2 is 1.86 bits per heavy atom. The Bertz CT molecular complexity index is 305. The van der Waals surface area contributed by atoms with Crippen LogP contribution in [0, 0.1) is 17.6 Å². The monoisotopic (exact) mass is 198 g/mol. The summed E-state index contributed by atoms with van der Waals surface area (Å²) in [5, 5.41) is 0. The maximum absolute atomic E-state index is 13.4. The van der Waals surface area contributed by atoms with Crippen molar-refractivity contribution < 1.29 is 8.78 Å². The third kappa shape index (κ3) is 2.31. The highest BCUT2D eigenvalue weighted by Crippen LogP contribution is 2.29. The van der Waals surface area contributed by atoms with Gasteiger partial charge in [-0.2, -0.15) is 0 Å². The van der Waals surface area contributed by atoms with Crippen molar-refractivity contribution in [2.24, 2.45) is 5.92 Å². The molecule has 0 heterocycles. The quantitative estimate of drug-likeness (QED) is 0.685. The van der Waals surface area contributed by atoms with Gasteiger partial charge in [-0.05, 0) is 29.9 Å². The van der Waals surface area contributed by atoms with Crippen LogP contribution in [-0.2, 0) is 0 Å². The maximum atomic E-state index is 13.4. The molecule has 0 nitrogen and oxygen atoms in total. The van der Waals surface area contributed by atoms with Crippen LogP contribution < -0.4 is 0 Å². The van der Waals surface area contributed by atoms with Crippen molar-refractivity contribution in [2.45, 2.75) is 33.1 Å². The van der Waals surface area contributed by atoms with Gasteiger partial charge < -0.3 is 0 Å². The Morgan fingerprint density at radius 1 is 1.21 bits per heavy atom. The number of hydrogen-bond donors (Lipinski definition) is 0. The summed E-state index contributed by atoms with van der Waals surface area (Å²) in [6.07, 6.45) is 0.875. The summed E-state index contributed by atoms with van der Waals surface area (Å²) in [5.74, 6) is -0.383. The molecule has 1 aromatic carbocycles. The van der Waals surface area contributed by atoms with Gasteiger partial charge >= 0.3 is 0 Å². The lowest BCUT2D eigenvalue weighted by Crippen LogP contribution is -2.07. The molecule has 14 heavy (non-hydrogen) atoms. The summed E-state index contributed by atoms with van der Waals surface area (Å²) in [4.78, 5) is 0. The molecule has 0 amide bonds. The number of hydrogen-bond acceptors (Lipinski definition) is 0. The molecule has 0 spiro atoms. The first-order valence-electron chi connectivity index (χ1n) is 5.01. The first-order chi connectivity index (χ1) is 6.56. The Kier molecular flexibility index (Phi) is 3.62. The lowest BCUT2D eigenvalue weighted by Gasteiger charge is -2.19. The summed E-state index contributed by atoms with van der Waals surface area (Å²) in [6.45, 7) is 6.13. The molecule has 0 aromatic heterocycles. The normalized spacial score (nSPS) is 13.3. The highest BCUT2D eigenvalue weighted by molar-refractivity contribution is 5.23. The van der Waals surface area contributed by atoms with Crippen molar-refractivity contribution in [3.8, 4) is 0 Å². The predicted octanol–water partition coefficient (Wildman–Crippen LogP) is 4.11. The molecular weight excluding hydrogens is 182 g/mol. The highest BCUT2D eigenvalue weighted by Gasteiger charge is 2.17. The third-order valence-electron chi connectivity index (χ3n) is 2.61. The minimum Gasteiger partial charge on any atom is -0.207 e. The molecule has 0 aliphatic heterocycles. The zero-order valence-electron chi connectivity index (χ0n) is 8.85. The molecule has 78 valence electrons. The van der Waals surface area contributed by atoms with Crippen molar-refractivity contribution >= 4 is 0 Å². The SMILES string of the molecule is CC[C@H](c1ccc(F)cc1F)C(C)C. The van der Waals surface area contributed by atoms with Gasteiger partial charge in [0.25, 0.3) is 0 Å². The van der Waals surface area contributed by atoms with Crippen LogP contribution in [0.4, 0.5) is 8.78 Å². The van der Waals surface area contributed by atoms with Gasteiger partial charge in [0, 0.05) is 6.07 Å². The molecule has 0 bridgehead atoms. The average Bonchev–Trinajstić information content (AvgIpc) is 2.09. The van der Waals surface area contributed by atoms with E-state index in [1.165, 1.54) is 6.07 Å². The average molecular weight is 198 g/mol. The molecule has 0 radical (unpaired) electrons. The Labute approximate surface area is 84.0 Å². The Hall–Kier alpha value is -0.920. The molecular formula is C12H16F2. The smallest absolute Gasteiger partial charge is 0.129 e. The molecule has 0 unspecified atom stereocenters. The fourth-order valence-electron chi connectivity index (χ4n) is 1.85. The van der Waals surface area contributed by atoms with Gasteiger partial charge in [0.2, 0.25) is 0 Å². The van der Waals surface area contributed by atoms with Crippen molar-refractivity contribution in [1.82, 2.24) is 0 Å². The van der Waals surface area contributed by atoms with E-state index in [-0.39, 0.29) is 5.92 Å². The van der Waals surface area contributed by atoms with Crippen molar-refractivity contribution in [3.63, 3.8) is 0 Å². The van der Waals surface area contributed by atoms with E-state index in [4.69, 9.17) is 0 Å². The van der Waals surface area contributed by atoms with Gasteiger partial charge in [0.15, 0.2) is 0 Å². The first kappa shape index (κ1) is 11.2. The molecule has 1 atom stereocenters. The fourth-order valence-corrected chi connectivity index (χ4v) is 1.85. The summed E-state index contributed by atoms with van der Waals surface area (Å²) in [6, 6.07) is 3.84.